The zero-order valence-corrected chi connectivity index (χ0v) is 17.5. The topological polar surface area (TPSA) is 63.5 Å². The van der Waals surface area contributed by atoms with E-state index >= 15 is 0 Å². The van der Waals surface area contributed by atoms with E-state index in [4.69, 9.17) is 4.74 Å². The van der Waals surface area contributed by atoms with Gasteiger partial charge in [0, 0.05) is 30.5 Å². The van der Waals surface area contributed by atoms with Crippen LogP contribution in [0.3, 0.4) is 0 Å². The molecule has 2 bridgehead atoms. The number of rotatable bonds is 4. The summed E-state index contributed by atoms with van der Waals surface area (Å²) in [5.74, 6) is 0.524. The van der Waals surface area contributed by atoms with Crippen LogP contribution in [0.4, 0.5) is 24.9 Å². The molecule has 0 amide bonds. The molecule has 3 aliphatic rings. The summed E-state index contributed by atoms with van der Waals surface area (Å²) in [6.45, 7) is 3.79. The van der Waals surface area contributed by atoms with Crippen LogP contribution in [0.5, 0.6) is 0 Å². The van der Waals surface area contributed by atoms with Gasteiger partial charge in [-0.2, -0.15) is 18.2 Å². The van der Waals surface area contributed by atoms with Crippen LogP contribution in [0.2, 0.25) is 0 Å². The zero-order chi connectivity index (χ0) is 21.3. The van der Waals surface area contributed by atoms with Gasteiger partial charge in [-0.25, -0.2) is 4.98 Å². The summed E-state index contributed by atoms with van der Waals surface area (Å²) in [5.41, 5.74) is -0.140. The van der Waals surface area contributed by atoms with Crippen LogP contribution in [0.1, 0.15) is 23.9 Å². The van der Waals surface area contributed by atoms with Crippen LogP contribution >= 0.6 is 11.3 Å². The van der Waals surface area contributed by atoms with E-state index in [-0.39, 0.29) is 24.6 Å². The Morgan fingerprint density at radius 1 is 1.40 bits per heavy atom. The second-order valence-corrected chi connectivity index (χ2v) is 9.31. The van der Waals surface area contributed by atoms with Gasteiger partial charge in [0.1, 0.15) is 5.82 Å². The van der Waals surface area contributed by atoms with E-state index in [9.17, 15) is 18.0 Å². The summed E-state index contributed by atoms with van der Waals surface area (Å²) < 4.78 is 49.2. The monoisotopic (exact) mass is 441 g/mol. The molecular weight excluding hydrogens is 419 g/mol. The van der Waals surface area contributed by atoms with Gasteiger partial charge in [-0.05, 0) is 20.3 Å². The maximum absolute atomic E-state index is 14.1. The largest absolute Gasteiger partial charge is 0.413 e. The quantitative estimate of drug-likeness (QED) is 0.726. The minimum atomic E-state index is -4.52. The first-order valence-electron chi connectivity index (χ1n) is 9.91. The van der Waals surface area contributed by atoms with Gasteiger partial charge in [-0.15, -0.1) is 11.3 Å². The van der Waals surface area contributed by atoms with Crippen molar-refractivity contribution in [1.29, 1.82) is 0 Å². The van der Waals surface area contributed by atoms with E-state index in [1.807, 2.05) is 11.8 Å². The van der Waals surface area contributed by atoms with Crippen LogP contribution in [-0.4, -0.2) is 58.1 Å². The molecule has 5 heterocycles. The molecular formula is C19H22F3N5O2S. The summed E-state index contributed by atoms with van der Waals surface area (Å²) in [4.78, 5) is 25.7. The number of anilines is 2. The first-order valence-corrected chi connectivity index (χ1v) is 10.8. The van der Waals surface area contributed by atoms with Crippen molar-refractivity contribution in [3.8, 4) is 0 Å². The highest BCUT2D eigenvalue weighted by Gasteiger charge is 2.59. The Hall–Kier alpha value is -2.14. The zero-order valence-electron chi connectivity index (χ0n) is 16.6. The Labute approximate surface area is 175 Å². The lowest BCUT2D eigenvalue weighted by molar-refractivity contribution is -0.182. The molecule has 2 aromatic heterocycles. The van der Waals surface area contributed by atoms with Crippen LogP contribution in [0.25, 0.3) is 0 Å². The van der Waals surface area contributed by atoms with Crippen molar-refractivity contribution < 1.29 is 17.9 Å². The van der Waals surface area contributed by atoms with E-state index < -0.39 is 23.8 Å². The lowest BCUT2D eigenvalue weighted by Crippen LogP contribution is -2.56. The van der Waals surface area contributed by atoms with E-state index in [0.29, 0.717) is 25.4 Å². The molecule has 2 saturated heterocycles. The predicted octanol–water partition coefficient (Wildman–Crippen LogP) is 2.37. The fourth-order valence-electron chi connectivity index (χ4n) is 4.65. The SMILES string of the molecule is Cc1ncsc1CCN1c2nc(N3C[C@H]4C[C@H]3CO4)cc(=O)n2C[C@@]1(C)C(F)(F)F. The standard InChI is InChI=1S/C19H22F3N5O2S/c1-11-14(30-10-23-11)3-4-27-17-24-15(25-7-13-5-12(25)8-29-13)6-16(28)26(17)9-18(27,2)19(20,21)22/h6,10,12-13H,3-5,7-9H2,1-2H3/t12-,13+,18-/m0/s1. The van der Waals surface area contributed by atoms with Gasteiger partial charge >= 0.3 is 6.18 Å². The molecule has 2 aromatic rings. The number of aromatic nitrogens is 3. The summed E-state index contributed by atoms with van der Waals surface area (Å²) in [6, 6.07) is 1.48. The Balaban J connectivity index is 1.53. The molecule has 7 nitrogen and oxygen atoms in total. The average Bonchev–Trinajstić information content (AvgIpc) is 3.44. The van der Waals surface area contributed by atoms with Gasteiger partial charge in [-0.1, -0.05) is 0 Å². The first-order chi connectivity index (χ1) is 14.2. The van der Waals surface area contributed by atoms with E-state index in [2.05, 4.69) is 9.97 Å². The normalized spacial score (nSPS) is 27.9. The minimum Gasteiger partial charge on any atom is -0.374 e. The summed E-state index contributed by atoms with van der Waals surface area (Å²) in [6.07, 6.45) is -3.16. The Morgan fingerprint density at radius 3 is 2.80 bits per heavy atom. The molecule has 5 rings (SSSR count). The number of alkyl halides is 3. The van der Waals surface area contributed by atoms with Crippen molar-refractivity contribution in [2.45, 2.75) is 57.1 Å². The second-order valence-electron chi connectivity index (χ2n) is 8.37. The highest BCUT2D eigenvalue weighted by molar-refractivity contribution is 7.09. The van der Waals surface area contributed by atoms with Crippen molar-refractivity contribution in [2.24, 2.45) is 0 Å². The van der Waals surface area contributed by atoms with Crippen LogP contribution in [0.15, 0.2) is 16.4 Å². The van der Waals surface area contributed by atoms with Gasteiger partial charge in [0.15, 0.2) is 5.54 Å². The fourth-order valence-corrected chi connectivity index (χ4v) is 5.42. The molecule has 0 N–H and O–H groups in total. The first kappa shape index (κ1) is 19.8. The minimum absolute atomic E-state index is 0.0863. The van der Waals surface area contributed by atoms with Crippen molar-refractivity contribution in [3.63, 3.8) is 0 Å². The van der Waals surface area contributed by atoms with Gasteiger partial charge in [0.05, 0.1) is 36.5 Å². The molecule has 30 heavy (non-hydrogen) atoms. The van der Waals surface area contributed by atoms with Gasteiger partial charge in [-0.3, -0.25) is 9.36 Å². The lowest BCUT2D eigenvalue weighted by atomic mass is 10.0. The van der Waals surface area contributed by atoms with Gasteiger partial charge in [0.25, 0.3) is 5.56 Å². The maximum atomic E-state index is 14.1. The van der Waals surface area contributed by atoms with E-state index in [1.165, 1.54) is 22.3 Å². The second kappa shape index (κ2) is 6.68. The molecule has 3 atom stereocenters. The highest BCUT2D eigenvalue weighted by Crippen LogP contribution is 2.44. The number of hydrogen-bond acceptors (Lipinski definition) is 7. The number of thiazole rings is 1. The van der Waals surface area contributed by atoms with Crippen molar-refractivity contribution in [2.75, 3.05) is 29.5 Å². The molecule has 0 saturated carbocycles. The van der Waals surface area contributed by atoms with Gasteiger partial charge < -0.3 is 14.5 Å². The smallest absolute Gasteiger partial charge is 0.374 e. The van der Waals surface area contributed by atoms with Crippen LogP contribution in [-0.2, 0) is 17.7 Å². The molecule has 0 unspecified atom stereocenters. The highest BCUT2D eigenvalue weighted by atomic mass is 32.1. The molecule has 0 aliphatic carbocycles. The number of halogens is 3. The predicted molar refractivity (Wildman–Crippen MR) is 106 cm³/mol. The average molecular weight is 441 g/mol. The Morgan fingerprint density at radius 2 is 2.20 bits per heavy atom. The third kappa shape index (κ3) is 2.93. The molecule has 3 aliphatic heterocycles. The molecule has 0 aromatic carbocycles. The summed E-state index contributed by atoms with van der Waals surface area (Å²) in [5, 5.41) is 0. The van der Waals surface area contributed by atoms with Gasteiger partial charge in [0.2, 0.25) is 5.95 Å². The van der Waals surface area contributed by atoms with Crippen molar-refractivity contribution in [1.82, 2.24) is 14.5 Å². The molecule has 11 heteroatoms. The number of nitrogens with zero attached hydrogens (tertiary/aromatic N) is 5. The molecule has 162 valence electrons. The molecule has 2 fully saturated rings. The van der Waals surface area contributed by atoms with Crippen molar-refractivity contribution >= 4 is 23.1 Å². The van der Waals surface area contributed by atoms with Crippen LogP contribution in [0, 0.1) is 6.92 Å². The van der Waals surface area contributed by atoms with Crippen LogP contribution < -0.4 is 15.4 Å². The number of aryl methyl sites for hydroxylation is 1. The maximum Gasteiger partial charge on any atom is 0.413 e. The Kier molecular flexibility index (Phi) is 4.41. The molecule has 0 radical (unpaired) electrons. The number of ether oxygens (including phenoxy) is 1. The van der Waals surface area contributed by atoms with Crippen molar-refractivity contribution in [3.05, 3.63) is 32.5 Å². The summed E-state index contributed by atoms with van der Waals surface area (Å²) in [7, 11) is 0. The third-order valence-corrected chi connectivity index (χ3v) is 7.49. The number of morpholine rings is 1. The fraction of sp³-hybridized carbons (Fsp3) is 0.632. The third-order valence-electron chi connectivity index (χ3n) is 6.49. The van der Waals surface area contributed by atoms with E-state index in [1.54, 1.807) is 5.51 Å². The van der Waals surface area contributed by atoms with E-state index in [0.717, 1.165) is 28.5 Å². The summed E-state index contributed by atoms with van der Waals surface area (Å²) >= 11 is 1.43. The lowest BCUT2D eigenvalue weighted by Gasteiger charge is -2.37. The Bertz CT molecular complexity index is 1040. The number of fused-ring (bicyclic) bond motifs is 3. The number of hydrogen-bond donors (Lipinski definition) is 0. The molecule has 0 spiro atoms.